The zero-order valence-electron chi connectivity index (χ0n) is 16.6. The second-order valence-electron chi connectivity index (χ2n) is 8.86. The van der Waals surface area contributed by atoms with E-state index in [1.54, 1.807) is 6.08 Å². The second kappa shape index (κ2) is 7.70. The highest BCUT2D eigenvalue weighted by Crippen LogP contribution is 2.44. The van der Waals surface area contributed by atoms with Gasteiger partial charge in [0, 0.05) is 4.88 Å². The van der Waals surface area contributed by atoms with Crippen LogP contribution in [0.15, 0.2) is 12.2 Å². The standard InChI is InChI=1S/C21H28N2O4S/c1-21(2,3)11-8-9-14-15(10-11)28-19(16(14)17(22)24)23-18(25)12-6-4-5-7-13(12)20(26)27/h4-5,11-13H,6-10H2,1-3H3,(H2,22,24)(H,23,25)(H,26,27)/t11-,12+,13-/m0/s1. The molecule has 0 unspecified atom stereocenters. The maximum atomic E-state index is 12.8. The van der Waals surface area contributed by atoms with E-state index in [-0.39, 0.29) is 11.3 Å². The van der Waals surface area contributed by atoms with Crippen molar-refractivity contribution in [2.24, 2.45) is 28.9 Å². The largest absolute Gasteiger partial charge is 0.481 e. The average Bonchev–Trinajstić information content (AvgIpc) is 2.97. The highest BCUT2D eigenvalue weighted by atomic mass is 32.1. The molecule has 4 N–H and O–H groups in total. The Kier molecular flexibility index (Phi) is 5.66. The Hall–Kier alpha value is -2.15. The fourth-order valence-electron chi connectivity index (χ4n) is 4.26. The van der Waals surface area contributed by atoms with Crippen LogP contribution in [0.25, 0.3) is 0 Å². The van der Waals surface area contributed by atoms with E-state index in [1.807, 2.05) is 6.08 Å². The molecule has 0 bridgehead atoms. The van der Waals surface area contributed by atoms with Crippen molar-refractivity contribution in [1.82, 2.24) is 0 Å². The maximum Gasteiger partial charge on any atom is 0.307 e. The first-order chi connectivity index (χ1) is 13.1. The minimum Gasteiger partial charge on any atom is -0.481 e. The first-order valence-corrected chi connectivity index (χ1v) is 10.5. The van der Waals surface area contributed by atoms with Crippen LogP contribution in [0.1, 0.15) is 60.8 Å². The Morgan fingerprint density at radius 3 is 2.39 bits per heavy atom. The number of nitrogens with one attached hydrogen (secondary N) is 1. The lowest BCUT2D eigenvalue weighted by molar-refractivity contribution is -0.146. The summed E-state index contributed by atoms with van der Waals surface area (Å²) in [5, 5.41) is 12.7. The summed E-state index contributed by atoms with van der Waals surface area (Å²) < 4.78 is 0. The SMILES string of the molecule is CC(C)(C)[C@H]1CCc2c(sc(NC(=O)[C@@H]3CC=CC[C@@H]3C(=O)O)c2C(N)=O)C1. The van der Waals surface area contributed by atoms with Crippen LogP contribution in [0.5, 0.6) is 0 Å². The second-order valence-corrected chi connectivity index (χ2v) is 9.97. The third kappa shape index (κ3) is 3.99. The van der Waals surface area contributed by atoms with Gasteiger partial charge in [0.05, 0.1) is 17.4 Å². The highest BCUT2D eigenvalue weighted by Gasteiger charge is 2.37. The van der Waals surface area contributed by atoms with Crippen molar-refractivity contribution >= 4 is 34.1 Å². The Morgan fingerprint density at radius 1 is 1.18 bits per heavy atom. The van der Waals surface area contributed by atoms with E-state index < -0.39 is 23.7 Å². The number of hydrogen-bond donors (Lipinski definition) is 3. The van der Waals surface area contributed by atoms with E-state index in [0.29, 0.717) is 29.3 Å². The molecular formula is C21H28N2O4S. The van der Waals surface area contributed by atoms with Gasteiger partial charge in [0.1, 0.15) is 5.00 Å². The topological polar surface area (TPSA) is 109 Å². The molecule has 0 radical (unpaired) electrons. The number of nitrogens with two attached hydrogens (primary N) is 1. The van der Waals surface area contributed by atoms with Gasteiger partial charge in [-0.15, -0.1) is 11.3 Å². The maximum absolute atomic E-state index is 12.8. The Labute approximate surface area is 169 Å². The number of carbonyl (C=O) groups excluding carboxylic acids is 2. The van der Waals surface area contributed by atoms with Gasteiger partial charge in [-0.05, 0) is 49.0 Å². The van der Waals surface area contributed by atoms with Crippen LogP contribution in [0.2, 0.25) is 0 Å². The first kappa shape index (κ1) is 20.6. The fraction of sp³-hybridized carbons (Fsp3) is 0.571. The molecule has 0 fully saturated rings. The molecule has 152 valence electrons. The summed E-state index contributed by atoms with van der Waals surface area (Å²) in [5.41, 5.74) is 7.16. The third-order valence-corrected chi connectivity index (χ3v) is 7.23. The molecule has 0 saturated heterocycles. The molecule has 0 spiro atoms. The summed E-state index contributed by atoms with van der Waals surface area (Å²) in [6.45, 7) is 6.66. The highest BCUT2D eigenvalue weighted by molar-refractivity contribution is 7.17. The van der Waals surface area contributed by atoms with E-state index in [9.17, 15) is 19.5 Å². The molecule has 28 heavy (non-hydrogen) atoms. The van der Waals surface area contributed by atoms with Gasteiger partial charge in [0.2, 0.25) is 5.91 Å². The number of thiophene rings is 1. The number of carboxylic acid groups (broad SMARTS) is 1. The number of aliphatic carboxylic acids is 1. The zero-order chi connectivity index (χ0) is 20.6. The van der Waals surface area contributed by atoms with Crippen LogP contribution < -0.4 is 11.1 Å². The van der Waals surface area contributed by atoms with Crippen LogP contribution in [-0.4, -0.2) is 22.9 Å². The minimum atomic E-state index is -0.974. The number of allylic oxidation sites excluding steroid dienone is 2. The summed E-state index contributed by atoms with van der Waals surface area (Å²) in [4.78, 5) is 37.6. The van der Waals surface area contributed by atoms with Crippen LogP contribution in [0.4, 0.5) is 5.00 Å². The molecule has 2 aliphatic rings. The van der Waals surface area contributed by atoms with Crippen molar-refractivity contribution in [3.63, 3.8) is 0 Å². The lowest BCUT2D eigenvalue weighted by atomic mass is 9.72. The first-order valence-electron chi connectivity index (χ1n) is 9.72. The molecule has 3 atom stereocenters. The Bertz CT molecular complexity index is 834. The predicted octanol–water partition coefficient (Wildman–Crippen LogP) is 3.60. The molecule has 1 aromatic rings. The lowest BCUT2D eigenvalue weighted by Gasteiger charge is -2.33. The van der Waals surface area contributed by atoms with Crippen LogP contribution >= 0.6 is 11.3 Å². The van der Waals surface area contributed by atoms with Gasteiger partial charge < -0.3 is 16.2 Å². The van der Waals surface area contributed by atoms with Crippen molar-refractivity contribution < 1.29 is 19.5 Å². The van der Waals surface area contributed by atoms with Crippen LogP contribution in [0, 0.1) is 23.2 Å². The number of anilines is 1. The van der Waals surface area contributed by atoms with Gasteiger partial charge in [0.25, 0.3) is 5.91 Å². The van der Waals surface area contributed by atoms with E-state index >= 15 is 0 Å². The molecule has 0 saturated carbocycles. The van der Waals surface area contributed by atoms with Gasteiger partial charge in [-0.1, -0.05) is 32.9 Å². The fourth-order valence-corrected chi connectivity index (χ4v) is 5.59. The molecule has 7 heteroatoms. The van der Waals surface area contributed by atoms with Gasteiger partial charge in [-0.2, -0.15) is 0 Å². The number of primary amides is 1. The van der Waals surface area contributed by atoms with Crippen LogP contribution in [-0.2, 0) is 22.4 Å². The molecule has 2 amide bonds. The predicted molar refractivity (Wildman–Crippen MR) is 109 cm³/mol. The molecule has 3 rings (SSSR count). The molecule has 2 aliphatic carbocycles. The van der Waals surface area contributed by atoms with E-state index in [0.717, 1.165) is 29.7 Å². The van der Waals surface area contributed by atoms with Gasteiger partial charge in [-0.3, -0.25) is 14.4 Å². The van der Waals surface area contributed by atoms with Crippen molar-refractivity contribution in [3.05, 3.63) is 28.2 Å². The molecular weight excluding hydrogens is 376 g/mol. The molecule has 0 aromatic carbocycles. The number of amides is 2. The quantitative estimate of drug-likeness (QED) is 0.666. The van der Waals surface area contributed by atoms with Gasteiger partial charge in [-0.25, -0.2) is 0 Å². The van der Waals surface area contributed by atoms with Crippen molar-refractivity contribution in [2.45, 2.75) is 52.9 Å². The zero-order valence-corrected chi connectivity index (χ0v) is 17.4. The van der Waals surface area contributed by atoms with Crippen molar-refractivity contribution in [2.75, 3.05) is 5.32 Å². The summed E-state index contributed by atoms with van der Waals surface area (Å²) in [7, 11) is 0. The third-order valence-electron chi connectivity index (χ3n) is 6.06. The Morgan fingerprint density at radius 2 is 1.82 bits per heavy atom. The van der Waals surface area contributed by atoms with E-state index in [2.05, 4.69) is 26.1 Å². The normalized spacial score (nSPS) is 24.5. The van der Waals surface area contributed by atoms with E-state index in [1.165, 1.54) is 11.3 Å². The number of hydrogen-bond acceptors (Lipinski definition) is 4. The number of fused-ring (bicyclic) bond motifs is 1. The number of carboxylic acids is 1. The minimum absolute atomic E-state index is 0.168. The smallest absolute Gasteiger partial charge is 0.307 e. The summed E-state index contributed by atoms with van der Waals surface area (Å²) in [6.07, 6.45) is 6.97. The molecule has 1 heterocycles. The van der Waals surface area contributed by atoms with E-state index in [4.69, 9.17) is 5.73 Å². The monoisotopic (exact) mass is 404 g/mol. The molecule has 1 aromatic heterocycles. The average molecular weight is 405 g/mol. The Balaban J connectivity index is 1.87. The van der Waals surface area contributed by atoms with Crippen LogP contribution in [0.3, 0.4) is 0 Å². The van der Waals surface area contributed by atoms with Gasteiger partial charge in [0.15, 0.2) is 0 Å². The van der Waals surface area contributed by atoms with Gasteiger partial charge >= 0.3 is 5.97 Å². The van der Waals surface area contributed by atoms with Crippen molar-refractivity contribution in [3.8, 4) is 0 Å². The summed E-state index contributed by atoms with van der Waals surface area (Å²) in [6, 6.07) is 0. The lowest BCUT2D eigenvalue weighted by Crippen LogP contribution is -2.35. The summed E-state index contributed by atoms with van der Waals surface area (Å²) >= 11 is 1.41. The summed E-state index contributed by atoms with van der Waals surface area (Å²) in [5.74, 6) is -2.77. The number of carbonyl (C=O) groups is 3. The molecule has 0 aliphatic heterocycles. The van der Waals surface area contributed by atoms with Crippen molar-refractivity contribution in [1.29, 1.82) is 0 Å². The molecule has 6 nitrogen and oxygen atoms in total. The number of rotatable bonds is 4.